The van der Waals surface area contributed by atoms with Crippen LogP contribution in [0.5, 0.6) is 5.75 Å². The zero-order valence-corrected chi connectivity index (χ0v) is 9.88. The Balaban J connectivity index is 2.71. The van der Waals surface area contributed by atoms with Gasteiger partial charge < -0.3 is 19.3 Å². The predicted molar refractivity (Wildman–Crippen MR) is 61.1 cm³/mol. The van der Waals surface area contributed by atoms with Crippen LogP contribution in [0.3, 0.4) is 0 Å². The maximum Gasteiger partial charge on any atom is 0.335 e. The van der Waals surface area contributed by atoms with Crippen LogP contribution in [0.25, 0.3) is 0 Å². The fraction of sp³-hybridized carbons (Fsp3) is 0.417. The van der Waals surface area contributed by atoms with Gasteiger partial charge in [-0.1, -0.05) is 6.07 Å². The molecule has 5 nitrogen and oxygen atoms in total. The molecule has 94 valence electrons. The molecular formula is C12H16O5. The largest absolute Gasteiger partial charge is 0.478 e. The normalized spacial score (nSPS) is 10.5. The molecule has 1 aromatic rings. The first-order valence-corrected chi connectivity index (χ1v) is 5.40. The number of carboxylic acid groups (broad SMARTS) is 1. The van der Waals surface area contributed by atoms with E-state index in [2.05, 4.69) is 0 Å². The highest BCUT2D eigenvalue weighted by Gasteiger charge is 2.11. The van der Waals surface area contributed by atoms with Gasteiger partial charge in [-0.2, -0.15) is 0 Å². The molecule has 0 saturated carbocycles. The van der Waals surface area contributed by atoms with Crippen molar-refractivity contribution < 1.29 is 24.1 Å². The van der Waals surface area contributed by atoms with Crippen molar-refractivity contribution in [1.29, 1.82) is 0 Å². The summed E-state index contributed by atoms with van der Waals surface area (Å²) in [4.78, 5) is 10.8. The highest BCUT2D eigenvalue weighted by Crippen LogP contribution is 2.15. The van der Waals surface area contributed by atoms with Crippen LogP contribution in [0, 0.1) is 0 Å². The van der Waals surface area contributed by atoms with Crippen molar-refractivity contribution in [3.05, 3.63) is 29.8 Å². The van der Waals surface area contributed by atoms with Gasteiger partial charge in [0.2, 0.25) is 0 Å². The number of benzene rings is 1. The highest BCUT2D eigenvalue weighted by atomic mass is 16.8. The van der Waals surface area contributed by atoms with Gasteiger partial charge in [0, 0.05) is 0 Å². The van der Waals surface area contributed by atoms with Gasteiger partial charge in [-0.05, 0) is 32.0 Å². The van der Waals surface area contributed by atoms with Crippen molar-refractivity contribution in [3.63, 3.8) is 0 Å². The molecule has 0 spiro atoms. The topological polar surface area (TPSA) is 65.0 Å². The number of aromatic carboxylic acids is 1. The smallest absolute Gasteiger partial charge is 0.335 e. The Labute approximate surface area is 99.9 Å². The lowest BCUT2D eigenvalue weighted by molar-refractivity contribution is -0.242. The maximum atomic E-state index is 10.8. The lowest BCUT2D eigenvalue weighted by atomic mass is 10.2. The van der Waals surface area contributed by atoms with Gasteiger partial charge in [0.15, 0.2) is 0 Å². The van der Waals surface area contributed by atoms with E-state index in [0.717, 1.165) is 0 Å². The average molecular weight is 240 g/mol. The Hall–Kier alpha value is -1.59. The zero-order chi connectivity index (χ0) is 12.7. The Morgan fingerprint density at radius 3 is 2.47 bits per heavy atom. The van der Waals surface area contributed by atoms with Crippen LogP contribution in [-0.2, 0) is 9.47 Å². The minimum atomic E-state index is -1.00. The van der Waals surface area contributed by atoms with E-state index in [0.29, 0.717) is 19.0 Å². The van der Waals surface area contributed by atoms with Crippen LogP contribution >= 0.6 is 0 Å². The summed E-state index contributed by atoms with van der Waals surface area (Å²) in [6.07, 6.45) is 0. The Morgan fingerprint density at radius 2 is 1.94 bits per heavy atom. The number of ether oxygens (including phenoxy) is 3. The van der Waals surface area contributed by atoms with E-state index in [9.17, 15) is 4.79 Å². The summed E-state index contributed by atoms with van der Waals surface area (Å²) in [6.45, 7) is 3.73. The van der Waals surface area contributed by atoms with E-state index >= 15 is 0 Å². The van der Waals surface area contributed by atoms with Crippen molar-refractivity contribution >= 4 is 5.97 Å². The number of hydrogen-bond donors (Lipinski definition) is 1. The van der Waals surface area contributed by atoms with Crippen molar-refractivity contribution in [3.8, 4) is 5.75 Å². The molecule has 0 unspecified atom stereocenters. The summed E-state index contributed by atoms with van der Waals surface area (Å²) in [7, 11) is 0. The molecule has 0 aromatic heterocycles. The van der Waals surface area contributed by atoms with Crippen LogP contribution in [0.15, 0.2) is 24.3 Å². The Bertz CT molecular complexity index is 358. The molecule has 1 aromatic carbocycles. The summed E-state index contributed by atoms with van der Waals surface area (Å²) in [6, 6.07) is 6.17. The van der Waals surface area contributed by atoms with Crippen molar-refractivity contribution in [2.24, 2.45) is 0 Å². The van der Waals surface area contributed by atoms with E-state index in [1.54, 1.807) is 12.1 Å². The molecule has 0 fully saturated rings. The Morgan fingerprint density at radius 1 is 1.29 bits per heavy atom. The molecule has 1 N–H and O–H groups in total. The SMILES string of the molecule is CCOC(OCC)Oc1cccc(C(=O)O)c1. The van der Waals surface area contributed by atoms with E-state index < -0.39 is 12.4 Å². The quantitative estimate of drug-likeness (QED) is 0.739. The summed E-state index contributed by atoms with van der Waals surface area (Å²) in [5, 5.41) is 8.83. The maximum absolute atomic E-state index is 10.8. The van der Waals surface area contributed by atoms with Gasteiger partial charge >= 0.3 is 12.4 Å². The monoisotopic (exact) mass is 240 g/mol. The van der Waals surface area contributed by atoms with E-state index in [1.165, 1.54) is 12.1 Å². The van der Waals surface area contributed by atoms with Gasteiger partial charge in [-0.15, -0.1) is 0 Å². The second-order valence-corrected chi connectivity index (χ2v) is 3.15. The Kier molecular flexibility index (Phi) is 5.45. The first kappa shape index (κ1) is 13.5. The van der Waals surface area contributed by atoms with Crippen molar-refractivity contribution in [2.45, 2.75) is 20.3 Å². The molecule has 0 bridgehead atoms. The highest BCUT2D eigenvalue weighted by molar-refractivity contribution is 5.87. The molecule has 0 atom stereocenters. The molecule has 5 heteroatoms. The third-order valence-corrected chi connectivity index (χ3v) is 1.92. The molecule has 1 rings (SSSR count). The summed E-state index contributed by atoms with van der Waals surface area (Å²) >= 11 is 0. The second-order valence-electron chi connectivity index (χ2n) is 3.15. The van der Waals surface area contributed by atoms with Crippen molar-refractivity contribution in [1.82, 2.24) is 0 Å². The summed E-state index contributed by atoms with van der Waals surface area (Å²) < 4.78 is 15.8. The molecular weight excluding hydrogens is 224 g/mol. The number of carbonyl (C=O) groups is 1. The fourth-order valence-corrected chi connectivity index (χ4v) is 1.20. The van der Waals surface area contributed by atoms with Gasteiger partial charge in [-0.3, -0.25) is 0 Å². The van der Waals surface area contributed by atoms with E-state index in [4.69, 9.17) is 19.3 Å². The summed E-state index contributed by atoms with van der Waals surface area (Å²) in [5.74, 6) is -0.600. The first-order valence-electron chi connectivity index (χ1n) is 5.40. The molecule has 0 aliphatic heterocycles. The van der Waals surface area contributed by atoms with Gasteiger partial charge in [-0.25, -0.2) is 4.79 Å². The van der Waals surface area contributed by atoms with Crippen LogP contribution in [0.2, 0.25) is 0 Å². The van der Waals surface area contributed by atoms with Gasteiger partial charge in [0.05, 0.1) is 18.8 Å². The molecule has 0 radical (unpaired) electrons. The minimum Gasteiger partial charge on any atom is -0.478 e. The van der Waals surface area contributed by atoms with E-state index in [1.807, 2.05) is 13.8 Å². The zero-order valence-electron chi connectivity index (χ0n) is 9.88. The molecule has 17 heavy (non-hydrogen) atoms. The van der Waals surface area contributed by atoms with Crippen LogP contribution in [0.1, 0.15) is 24.2 Å². The van der Waals surface area contributed by atoms with Crippen molar-refractivity contribution in [2.75, 3.05) is 13.2 Å². The number of carboxylic acids is 1. The number of hydrogen-bond acceptors (Lipinski definition) is 4. The van der Waals surface area contributed by atoms with Gasteiger partial charge in [0.1, 0.15) is 5.75 Å². The molecule has 0 aliphatic rings. The standard InChI is InChI=1S/C12H16O5/c1-3-15-12(16-4-2)17-10-7-5-6-9(8-10)11(13)14/h5-8,12H,3-4H2,1-2H3,(H,13,14). The molecule has 0 aliphatic carbocycles. The van der Waals surface area contributed by atoms with E-state index in [-0.39, 0.29) is 5.56 Å². The fourth-order valence-electron chi connectivity index (χ4n) is 1.20. The lowest BCUT2D eigenvalue weighted by Crippen LogP contribution is -2.24. The third kappa shape index (κ3) is 4.42. The molecule has 0 saturated heterocycles. The average Bonchev–Trinajstić information content (AvgIpc) is 2.30. The van der Waals surface area contributed by atoms with Crippen LogP contribution < -0.4 is 4.74 Å². The predicted octanol–water partition coefficient (Wildman–Crippen LogP) is 2.12. The number of rotatable bonds is 7. The molecule has 0 heterocycles. The minimum absolute atomic E-state index is 0.161. The van der Waals surface area contributed by atoms with Crippen LogP contribution in [-0.4, -0.2) is 30.8 Å². The summed E-state index contributed by atoms with van der Waals surface area (Å²) in [5.41, 5.74) is 0.161. The molecule has 0 amide bonds. The first-order chi connectivity index (χ1) is 8.17. The van der Waals surface area contributed by atoms with Crippen LogP contribution in [0.4, 0.5) is 0 Å². The second kappa shape index (κ2) is 6.88. The lowest BCUT2D eigenvalue weighted by Gasteiger charge is -2.18. The third-order valence-electron chi connectivity index (χ3n) is 1.92. The van der Waals surface area contributed by atoms with Gasteiger partial charge in [0.25, 0.3) is 0 Å².